The Kier molecular flexibility index (Phi) is 5.24. The molecule has 0 bridgehead atoms. The fraction of sp³-hybridized carbons (Fsp3) is 0.250. The third-order valence-electron chi connectivity index (χ3n) is 4.90. The molecule has 0 aliphatic carbocycles. The van der Waals surface area contributed by atoms with E-state index in [2.05, 4.69) is 16.1 Å². The summed E-state index contributed by atoms with van der Waals surface area (Å²) in [6.07, 6.45) is 0. The van der Waals surface area contributed by atoms with E-state index in [9.17, 15) is 9.59 Å². The maximum Gasteiger partial charge on any atom is 0.344 e. The Hall–Kier alpha value is -3.13. The van der Waals surface area contributed by atoms with Crippen LogP contribution in [0.25, 0.3) is 0 Å². The number of thiocarbonyl (C=S) groups is 1. The number of carbonyl (C=O) groups excluding carboxylic acids is 2. The summed E-state index contributed by atoms with van der Waals surface area (Å²) in [7, 11) is 1.54. The van der Waals surface area contributed by atoms with Crippen molar-refractivity contribution in [1.29, 1.82) is 0 Å². The van der Waals surface area contributed by atoms with E-state index < -0.39 is 17.5 Å². The standard InChI is InChI=1S/C20H22N4O3S/c1-12-7-5-10-16(13(12)2)21-18(28)23-24-17(25)20(3,22-19(24)26)14-8-6-9-15(11-14)27-4/h5-11H,1-4H3,(H,22,26)(H2,21,23,28)/t20-/m1/s1. The number of nitrogens with zero attached hydrogens (tertiary/aromatic N) is 1. The van der Waals surface area contributed by atoms with Crippen LogP contribution >= 0.6 is 12.2 Å². The lowest BCUT2D eigenvalue weighted by Crippen LogP contribution is -2.49. The molecule has 3 amide bonds. The van der Waals surface area contributed by atoms with Crippen molar-refractivity contribution in [3.8, 4) is 5.75 Å². The van der Waals surface area contributed by atoms with Crippen LogP contribution in [-0.4, -0.2) is 29.2 Å². The fourth-order valence-electron chi connectivity index (χ4n) is 3.01. The van der Waals surface area contributed by atoms with Gasteiger partial charge in [0.25, 0.3) is 5.91 Å². The number of anilines is 1. The summed E-state index contributed by atoms with van der Waals surface area (Å²) in [4.78, 5) is 25.4. The molecule has 2 aromatic rings. The van der Waals surface area contributed by atoms with Crippen molar-refractivity contribution in [3.63, 3.8) is 0 Å². The predicted octanol–water partition coefficient (Wildman–Crippen LogP) is 2.98. The molecular weight excluding hydrogens is 376 g/mol. The van der Waals surface area contributed by atoms with Gasteiger partial charge < -0.3 is 15.4 Å². The number of hydrogen-bond donors (Lipinski definition) is 3. The second-order valence-electron chi connectivity index (χ2n) is 6.74. The quantitative estimate of drug-likeness (QED) is 0.543. The van der Waals surface area contributed by atoms with E-state index in [0.717, 1.165) is 21.8 Å². The molecule has 1 heterocycles. The Balaban J connectivity index is 1.78. The van der Waals surface area contributed by atoms with Gasteiger partial charge in [0.2, 0.25) is 0 Å². The van der Waals surface area contributed by atoms with Crippen LogP contribution in [-0.2, 0) is 10.3 Å². The largest absolute Gasteiger partial charge is 0.497 e. The highest BCUT2D eigenvalue weighted by Crippen LogP contribution is 2.30. The third kappa shape index (κ3) is 3.50. The maximum absolute atomic E-state index is 13.0. The molecule has 3 rings (SSSR count). The van der Waals surface area contributed by atoms with Crippen molar-refractivity contribution in [1.82, 2.24) is 15.8 Å². The molecule has 8 heteroatoms. The molecule has 1 aliphatic heterocycles. The number of imide groups is 1. The lowest BCUT2D eigenvalue weighted by molar-refractivity contribution is -0.132. The van der Waals surface area contributed by atoms with Crippen LogP contribution < -0.4 is 20.8 Å². The van der Waals surface area contributed by atoms with Gasteiger partial charge in [-0.2, -0.15) is 5.01 Å². The molecule has 1 aliphatic rings. The smallest absolute Gasteiger partial charge is 0.344 e. The summed E-state index contributed by atoms with van der Waals surface area (Å²) in [5, 5.41) is 6.78. The average Bonchev–Trinajstić information content (AvgIpc) is 2.89. The minimum absolute atomic E-state index is 0.145. The number of aryl methyl sites for hydroxylation is 1. The molecule has 146 valence electrons. The maximum atomic E-state index is 13.0. The molecule has 28 heavy (non-hydrogen) atoms. The first-order valence-corrected chi connectivity index (χ1v) is 9.12. The van der Waals surface area contributed by atoms with Crippen LogP contribution in [0.3, 0.4) is 0 Å². The van der Waals surface area contributed by atoms with Crippen LogP contribution in [0.4, 0.5) is 10.5 Å². The number of amides is 3. The number of urea groups is 1. The SMILES string of the molecule is COc1cccc([C@@]2(C)NC(=O)N(NC(=S)Nc3cccc(C)c3C)C2=O)c1. The number of hydrogen-bond acceptors (Lipinski definition) is 4. The number of hydrazine groups is 1. The third-order valence-corrected chi connectivity index (χ3v) is 5.10. The summed E-state index contributed by atoms with van der Waals surface area (Å²) in [6, 6.07) is 12.2. The van der Waals surface area contributed by atoms with Crippen molar-refractivity contribution < 1.29 is 14.3 Å². The number of rotatable bonds is 4. The molecule has 0 aromatic heterocycles. The molecule has 0 saturated carbocycles. The first-order valence-electron chi connectivity index (χ1n) is 8.71. The van der Waals surface area contributed by atoms with Gasteiger partial charge in [-0.25, -0.2) is 4.79 Å². The number of nitrogens with one attached hydrogen (secondary N) is 3. The van der Waals surface area contributed by atoms with Crippen LogP contribution in [0.5, 0.6) is 5.75 Å². The Labute approximate surface area is 169 Å². The van der Waals surface area contributed by atoms with Crippen molar-refractivity contribution >= 4 is 35.0 Å². The molecule has 0 spiro atoms. The highest BCUT2D eigenvalue weighted by Gasteiger charge is 2.50. The number of benzene rings is 2. The van der Waals surface area contributed by atoms with Gasteiger partial charge in [-0.1, -0.05) is 24.3 Å². The Bertz CT molecular complexity index is 962. The molecule has 3 N–H and O–H groups in total. The lowest BCUT2D eigenvalue weighted by Gasteiger charge is -2.23. The predicted molar refractivity (Wildman–Crippen MR) is 111 cm³/mol. The van der Waals surface area contributed by atoms with Gasteiger partial charge in [0.15, 0.2) is 5.11 Å². The van der Waals surface area contributed by atoms with Crippen LogP contribution in [0.2, 0.25) is 0 Å². The highest BCUT2D eigenvalue weighted by molar-refractivity contribution is 7.80. The van der Waals surface area contributed by atoms with Gasteiger partial charge in [0, 0.05) is 5.69 Å². The Morgan fingerprint density at radius 3 is 2.61 bits per heavy atom. The van der Waals surface area contributed by atoms with E-state index in [4.69, 9.17) is 17.0 Å². The molecule has 7 nitrogen and oxygen atoms in total. The van der Waals surface area contributed by atoms with E-state index in [-0.39, 0.29) is 5.11 Å². The first-order chi connectivity index (χ1) is 13.3. The fourth-order valence-corrected chi connectivity index (χ4v) is 3.21. The summed E-state index contributed by atoms with van der Waals surface area (Å²) in [5.74, 6) is 0.134. The molecule has 0 unspecified atom stereocenters. The zero-order chi connectivity index (χ0) is 20.5. The molecule has 0 radical (unpaired) electrons. The van der Waals surface area contributed by atoms with Gasteiger partial charge in [-0.15, -0.1) is 0 Å². The molecule has 2 aromatic carbocycles. The van der Waals surface area contributed by atoms with E-state index in [1.165, 1.54) is 0 Å². The topological polar surface area (TPSA) is 82.7 Å². The average molecular weight is 398 g/mol. The van der Waals surface area contributed by atoms with E-state index in [1.54, 1.807) is 38.3 Å². The van der Waals surface area contributed by atoms with Crippen molar-refractivity contribution in [2.24, 2.45) is 0 Å². The summed E-state index contributed by atoms with van der Waals surface area (Å²) in [5.41, 5.74) is 5.02. The van der Waals surface area contributed by atoms with E-state index in [0.29, 0.717) is 11.3 Å². The summed E-state index contributed by atoms with van der Waals surface area (Å²) >= 11 is 5.30. The van der Waals surface area contributed by atoms with Gasteiger partial charge >= 0.3 is 6.03 Å². The summed E-state index contributed by atoms with van der Waals surface area (Å²) < 4.78 is 5.22. The first kappa shape index (κ1) is 19.6. The minimum atomic E-state index is -1.23. The Morgan fingerprint density at radius 1 is 1.18 bits per heavy atom. The molecule has 1 fully saturated rings. The van der Waals surface area contributed by atoms with E-state index >= 15 is 0 Å². The van der Waals surface area contributed by atoms with Crippen molar-refractivity contribution in [3.05, 3.63) is 59.2 Å². The van der Waals surface area contributed by atoms with Crippen molar-refractivity contribution in [2.75, 3.05) is 12.4 Å². The zero-order valence-electron chi connectivity index (χ0n) is 16.1. The van der Waals surface area contributed by atoms with Crippen molar-refractivity contribution in [2.45, 2.75) is 26.3 Å². The highest BCUT2D eigenvalue weighted by atomic mass is 32.1. The monoisotopic (exact) mass is 398 g/mol. The Morgan fingerprint density at radius 2 is 1.89 bits per heavy atom. The normalized spacial score (nSPS) is 18.6. The van der Waals surface area contributed by atoms with Gasteiger partial charge in [-0.05, 0) is 67.9 Å². The second-order valence-corrected chi connectivity index (χ2v) is 7.15. The van der Waals surface area contributed by atoms with Gasteiger partial charge in [0.1, 0.15) is 11.3 Å². The van der Waals surface area contributed by atoms with Crippen LogP contribution in [0.1, 0.15) is 23.6 Å². The second kappa shape index (κ2) is 7.47. The van der Waals surface area contributed by atoms with Crippen LogP contribution in [0.15, 0.2) is 42.5 Å². The summed E-state index contributed by atoms with van der Waals surface area (Å²) in [6.45, 7) is 5.60. The number of carbonyl (C=O) groups is 2. The van der Waals surface area contributed by atoms with Crippen LogP contribution in [0, 0.1) is 13.8 Å². The van der Waals surface area contributed by atoms with Gasteiger partial charge in [-0.3, -0.25) is 10.2 Å². The van der Waals surface area contributed by atoms with E-state index in [1.807, 2.05) is 32.0 Å². The number of ether oxygens (including phenoxy) is 1. The van der Waals surface area contributed by atoms with Gasteiger partial charge in [0.05, 0.1) is 7.11 Å². The zero-order valence-corrected chi connectivity index (χ0v) is 16.9. The molecule has 1 atom stereocenters. The minimum Gasteiger partial charge on any atom is -0.497 e. The lowest BCUT2D eigenvalue weighted by atomic mass is 9.92. The number of methoxy groups -OCH3 is 1. The molecular formula is C20H22N4O3S. The molecule has 1 saturated heterocycles.